The minimum atomic E-state index is 0.246. The van der Waals surface area contributed by atoms with E-state index in [9.17, 15) is 0 Å². The molecule has 0 saturated heterocycles. The summed E-state index contributed by atoms with van der Waals surface area (Å²) < 4.78 is 0. The molecule has 0 amide bonds. The Morgan fingerprint density at radius 1 is 1.14 bits per heavy atom. The van der Waals surface area contributed by atoms with E-state index in [0.717, 1.165) is 12.8 Å². The molecule has 0 atom stereocenters. The molecule has 0 aromatic carbocycles. The predicted molar refractivity (Wildman–Crippen MR) is 60.3 cm³/mol. The zero-order chi connectivity index (χ0) is 10.5. The van der Waals surface area contributed by atoms with Crippen molar-refractivity contribution in [3.8, 4) is 24.2 Å². The van der Waals surface area contributed by atoms with Gasteiger partial charge in [-0.15, -0.1) is 6.42 Å². The highest BCUT2D eigenvalue weighted by Gasteiger charge is 1.75. The molecule has 0 saturated carbocycles. The van der Waals surface area contributed by atoms with Crippen LogP contribution in [0.15, 0.2) is 36.5 Å². The summed E-state index contributed by atoms with van der Waals surface area (Å²) in [5.74, 6) is 7.37. The maximum atomic E-state index is 8.50. The minimum Gasteiger partial charge on any atom is -0.396 e. The highest BCUT2D eigenvalue weighted by molar-refractivity contribution is 5.29. The van der Waals surface area contributed by atoms with E-state index in [1.165, 1.54) is 0 Å². The molecule has 0 spiro atoms. The van der Waals surface area contributed by atoms with Gasteiger partial charge >= 0.3 is 0 Å². The molecular formula is C13H14O. The Morgan fingerprint density at radius 2 is 1.93 bits per heavy atom. The van der Waals surface area contributed by atoms with E-state index in [1.807, 2.05) is 30.4 Å². The summed E-state index contributed by atoms with van der Waals surface area (Å²) >= 11 is 0. The molecule has 0 unspecified atom stereocenters. The lowest BCUT2D eigenvalue weighted by atomic mass is 10.3. The standard InChI is InChI=1S/C13H14O/c1-2-3-4-5-6-7-8-9-10-11-12-13-14/h1,5-10,14H,11-13H2. The summed E-state index contributed by atoms with van der Waals surface area (Å²) in [6.45, 7) is 0.246. The van der Waals surface area contributed by atoms with Crippen LogP contribution in [0, 0.1) is 24.2 Å². The summed E-state index contributed by atoms with van der Waals surface area (Å²) in [6.07, 6.45) is 17.9. The Labute approximate surface area is 85.8 Å². The Hall–Kier alpha value is -1.70. The number of allylic oxidation sites excluding steroid dienone is 6. The van der Waals surface area contributed by atoms with Crippen molar-refractivity contribution in [1.29, 1.82) is 0 Å². The van der Waals surface area contributed by atoms with E-state index in [-0.39, 0.29) is 6.61 Å². The topological polar surface area (TPSA) is 20.2 Å². The first-order valence-electron chi connectivity index (χ1n) is 4.47. The molecule has 0 aliphatic carbocycles. The molecule has 0 aromatic heterocycles. The van der Waals surface area contributed by atoms with E-state index >= 15 is 0 Å². The third kappa shape index (κ3) is 10.3. The second-order valence-electron chi connectivity index (χ2n) is 2.45. The second kappa shape index (κ2) is 11.3. The van der Waals surface area contributed by atoms with Gasteiger partial charge in [0.25, 0.3) is 0 Å². The van der Waals surface area contributed by atoms with Crippen LogP contribution in [-0.4, -0.2) is 11.7 Å². The summed E-state index contributed by atoms with van der Waals surface area (Å²) in [5, 5.41) is 8.50. The molecule has 0 aliphatic rings. The van der Waals surface area contributed by atoms with Crippen molar-refractivity contribution in [1.82, 2.24) is 0 Å². The molecule has 0 heterocycles. The third-order valence-corrected chi connectivity index (χ3v) is 1.32. The molecule has 0 aliphatic heterocycles. The normalized spacial score (nSPS) is 10.6. The molecule has 1 heteroatoms. The molecule has 1 nitrogen and oxygen atoms in total. The molecule has 0 radical (unpaired) electrons. The van der Waals surface area contributed by atoms with Crippen molar-refractivity contribution < 1.29 is 5.11 Å². The van der Waals surface area contributed by atoms with Gasteiger partial charge in [-0.05, 0) is 30.8 Å². The highest BCUT2D eigenvalue weighted by atomic mass is 16.2. The summed E-state index contributed by atoms with van der Waals surface area (Å²) in [5.41, 5.74) is 0. The molecule has 0 fully saturated rings. The lowest BCUT2D eigenvalue weighted by Gasteiger charge is -1.84. The van der Waals surface area contributed by atoms with E-state index in [2.05, 4.69) is 17.8 Å². The van der Waals surface area contributed by atoms with Gasteiger partial charge in [0.1, 0.15) is 0 Å². The van der Waals surface area contributed by atoms with Crippen LogP contribution in [0.5, 0.6) is 0 Å². The molecule has 1 N–H and O–H groups in total. The molecular weight excluding hydrogens is 172 g/mol. The molecule has 0 rings (SSSR count). The number of hydrogen-bond acceptors (Lipinski definition) is 1. The van der Waals surface area contributed by atoms with Crippen LogP contribution in [0.4, 0.5) is 0 Å². The largest absolute Gasteiger partial charge is 0.396 e. The first kappa shape index (κ1) is 12.3. The Balaban J connectivity index is 3.59. The van der Waals surface area contributed by atoms with Gasteiger partial charge in [-0.25, -0.2) is 0 Å². The van der Waals surface area contributed by atoms with E-state index in [4.69, 9.17) is 11.5 Å². The van der Waals surface area contributed by atoms with Crippen molar-refractivity contribution in [2.45, 2.75) is 12.8 Å². The quantitative estimate of drug-likeness (QED) is 0.396. The van der Waals surface area contributed by atoms with Crippen LogP contribution in [0.3, 0.4) is 0 Å². The lowest BCUT2D eigenvalue weighted by Crippen LogP contribution is -1.77. The van der Waals surface area contributed by atoms with Crippen molar-refractivity contribution in [3.63, 3.8) is 0 Å². The van der Waals surface area contributed by atoms with Crippen molar-refractivity contribution >= 4 is 0 Å². The minimum absolute atomic E-state index is 0.246. The Kier molecular flexibility index (Phi) is 9.93. The zero-order valence-electron chi connectivity index (χ0n) is 8.11. The Morgan fingerprint density at radius 3 is 2.64 bits per heavy atom. The van der Waals surface area contributed by atoms with Crippen LogP contribution < -0.4 is 0 Å². The highest BCUT2D eigenvalue weighted by Crippen LogP contribution is 1.89. The van der Waals surface area contributed by atoms with E-state index < -0.39 is 0 Å². The van der Waals surface area contributed by atoms with Gasteiger partial charge in [0, 0.05) is 6.61 Å². The monoisotopic (exact) mass is 186 g/mol. The number of aliphatic hydroxyl groups is 1. The van der Waals surface area contributed by atoms with Crippen LogP contribution in [0.25, 0.3) is 0 Å². The number of rotatable bonds is 5. The molecule has 0 bridgehead atoms. The van der Waals surface area contributed by atoms with Gasteiger partial charge in [0.2, 0.25) is 0 Å². The average Bonchev–Trinajstić information content (AvgIpc) is 2.21. The van der Waals surface area contributed by atoms with Crippen LogP contribution in [0.1, 0.15) is 12.8 Å². The fourth-order valence-electron chi connectivity index (χ4n) is 0.699. The van der Waals surface area contributed by atoms with Gasteiger partial charge in [-0.1, -0.05) is 36.3 Å². The van der Waals surface area contributed by atoms with Crippen LogP contribution >= 0.6 is 0 Å². The fraction of sp³-hybridized carbons (Fsp3) is 0.231. The molecule has 14 heavy (non-hydrogen) atoms. The summed E-state index contributed by atoms with van der Waals surface area (Å²) in [4.78, 5) is 0. The Bertz CT molecular complexity index is 302. The van der Waals surface area contributed by atoms with Gasteiger partial charge < -0.3 is 5.11 Å². The summed E-state index contributed by atoms with van der Waals surface area (Å²) in [6, 6.07) is 0. The number of terminal acetylenes is 1. The number of aliphatic hydroxyl groups excluding tert-OH is 1. The number of hydrogen-bond donors (Lipinski definition) is 1. The van der Waals surface area contributed by atoms with Crippen LogP contribution in [-0.2, 0) is 0 Å². The van der Waals surface area contributed by atoms with Crippen molar-refractivity contribution in [3.05, 3.63) is 36.5 Å². The van der Waals surface area contributed by atoms with Crippen molar-refractivity contribution in [2.24, 2.45) is 0 Å². The molecule has 0 aromatic rings. The van der Waals surface area contributed by atoms with Gasteiger partial charge in [0.15, 0.2) is 0 Å². The predicted octanol–water partition coefficient (Wildman–Crippen LogP) is 2.06. The van der Waals surface area contributed by atoms with E-state index in [1.54, 1.807) is 6.08 Å². The van der Waals surface area contributed by atoms with Crippen molar-refractivity contribution in [2.75, 3.05) is 6.61 Å². The maximum Gasteiger partial charge on any atom is 0.0433 e. The smallest absolute Gasteiger partial charge is 0.0433 e. The van der Waals surface area contributed by atoms with Gasteiger partial charge in [-0.2, -0.15) is 0 Å². The number of unbranched alkanes of at least 4 members (excludes halogenated alkanes) is 1. The van der Waals surface area contributed by atoms with Crippen LogP contribution in [0.2, 0.25) is 0 Å². The second-order valence-corrected chi connectivity index (χ2v) is 2.45. The first-order chi connectivity index (χ1) is 6.91. The SMILES string of the molecule is C#CC#CC=CC=CC=CCCCO. The van der Waals surface area contributed by atoms with Gasteiger partial charge in [0.05, 0.1) is 0 Å². The maximum absolute atomic E-state index is 8.50. The third-order valence-electron chi connectivity index (χ3n) is 1.32. The fourth-order valence-corrected chi connectivity index (χ4v) is 0.699. The van der Waals surface area contributed by atoms with Gasteiger partial charge in [-0.3, -0.25) is 0 Å². The zero-order valence-corrected chi connectivity index (χ0v) is 8.11. The average molecular weight is 186 g/mol. The van der Waals surface area contributed by atoms with E-state index in [0.29, 0.717) is 0 Å². The first-order valence-corrected chi connectivity index (χ1v) is 4.47. The lowest BCUT2D eigenvalue weighted by molar-refractivity contribution is 0.289. The molecule has 72 valence electrons. The summed E-state index contributed by atoms with van der Waals surface area (Å²) in [7, 11) is 0.